The highest BCUT2D eigenvalue weighted by Crippen LogP contribution is 2.29. The third kappa shape index (κ3) is 2.92. The van der Waals surface area contributed by atoms with Gasteiger partial charge in [0.15, 0.2) is 0 Å². The molecule has 0 radical (unpaired) electrons. The number of halogens is 2. The molecule has 0 bridgehead atoms. The second kappa shape index (κ2) is 5.46. The smallest absolute Gasteiger partial charge is 0.229 e. The van der Waals surface area contributed by atoms with E-state index in [-0.39, 0.29) is 11.6 Å². The van der Waals surface area contributed by atoms with E-state index in [0.717, 1.165) is 35.6 Å². The highest BCUT2D eigenvalue weighted by atomic mass is 19.1. The van der Waals surface area contributed by atoms with Crippen LogP contribution in [0.15, 0.2) is 42.5 Å². The van der Waals surface area contributed by atoms with Gasteiger partial charge in [-0.2, -0.15) is 4.98 Å². The molecule has 1 saturated carbocycles. The molecule has 2 aromatic carbocycles. The second-order valence-corrected chi connectivity index (χ2v) is 5.58. The van der Waals surface area contributed by atoms with Crippen LogP contribution in [-0.2, 0) is 0 Å². The maximum absolute atomic E-state index is 13.8. The first kappa shape index (κ1) is 13.9. The Bertz CT molecular complexity index is 878. The molecule has 1 heterocycles. The molecular weight excluding hydrogens is 298 g/mol. The predicted octanol–water partition coefficient (Wildman–Crippen LogP) is 4.23. The lowest BCUT2D eigenvalue weighted by atomic mass is 10.2. The largest absolute Gasteiger partial charge is 0.367 e. The number of anilines is 3. The Kier molecular flexibility index (Phi) is 3.29. The molecule has 0 atom stereocenters. The zero-order chi connectivity index (χ0) is 15.8. The van der Waals surface area contributed by atoms with E-state index in [0.29, 0.717) is 6.04 Å². The SMILES string of the molecule is Fc1ccc(Nc2nc(NC3CC3)c3ccccc3n2)c(F)c1. The van der Waals surface area contributed by atoms with Crippen molar-refractivity contribution in [2.24, 2.45) is 0 Å². The molecule has 4 rings (SSSR count). The summed E-state index contributed by atoms with van der Waals surface area (Å²) in [6.45, 7) is 0. The highest BCUT2D eigenvalue weighted by Gasteiger charge is 2.22. The summed E-state index contributed by atoms with van der Waals surface area (Å²) in [6, 6.07) is 11.4. The van der Waals surface area contributed by atoms with Gasteiger partial charge in [-0.25, -0.2) is 13.8 Å². The number of para-hydroxylation sites is 1. The van der Waals surface area contributed by atoms with E-state index in [1.165, 1.54) is 12.1 Å². The Morgan fingerprint density at radius 2 is 1.83 bits per heavy atom. The molecule has 1 aliphatic rings. The maximum Gasteiger partial charge on any atom is 0.229 e. The van der Waals surface area contributed by atoms with Gasteiger partial charge in [-0.15, -0.1) is 0 Å². The van der Waals surface area contributed by atoms with Gasteiger partial charge in [0.1, 0.15) is 17.5 Å². The fourth-order valence-corrected chi connectivity index (χ4v) is 2.37. The van der Waals surface area contributed by atoms with E-state index in [2.05, 4.69) is 20.6 Å². The number of aromatic nitrogens is 2. The molecule has 6 heteroatoms. The van der Waals surface area contributed by atoms with Crippen LogP contribution in [0, 0.1) is 11.6 Å². The molecule has 116 valence electrons. The Morgan fingerprint density at radius 1 is 1.00 bits per heavy atom. The first-order valence-corrected chi connectivity index (χ1v) is 7.44. The van der Waals surface area contributed by atoms with Gasteiger partial charge in [0.25, 0.3) is 0 Å². The van der Waals surface area contributed by atoms with Gasteiger partial charge in [-0.05, 0) is 37.1 Å². The van der Waals surface area contributed by atoms with Crippen LogP contribution in [0.2, 0.25) is 0 Å². The Morgan fingerprint density at radius 3 is 2.61 bits per heavy atom. The van der Waals surface area contributed by atoms with Crippen LogP contribution < -0.4 is 10.6 Å². The van der Waals surface area contributed by atoms with Crippen LogP contribution in [0.1, 0.15) is 12.8 Å². The number of fused-ring (bicyclic) bond motifs is 1. The molecule has 3 aromatic rings. The molecule has 0 unspecified atom stereocenters. The average molecular weight is 312 g/mol. The Balaban J connectivity index is 1.74. The average Bonchev–Trinajstić information content (AvgIpc) is 3.34. The third-order valence-electron chi connectivity index (χ3n) is 3.70. The van der Waals surface area contributed by atoms with Crippen LogP contribution in [0.4, 0.5) is 26.2 Å². The van der Waals surface area contributed by atoms with Crippen molar-refractivity contribution in [3.05, 3.63) is 54.1 Å². The van der Waals surface area contributed by atoms with E-state index < -0.39 is 11.6 Å². The molecule has 1 fully saturated rings. The molecule has 4 nitrogen and oxygen atoms in total. The molecule has 0 spiro atoms. The number of hydrogen-bond donors (Lipinski definition) is 2. The van der Waals surface area contributed by atoms with Crippen LogP contribution in [0.3, 0.4) is 0 Å². The summed E-state index contributed by atoms with van der Waals surface area (Å²) in [7, 11) is 0. The van der Waals surface area contributed by atoms with Gasteiger partial charge < -0.3 is 10.6 Å². The lowest BCUT2D eigenvalue weighted by molar-refractivity contribution is 0.586. The van der Waals surface area contributed by atoms with Crippen molar-refractivity contribution in [2.45, 2.75) is 18.9 Å². The zero-order valence-corrected chi connectivity index (χ0v) is 12.2. The van der Waals surface area contributed by atoms with Crippen molar-refractivity contribution in [1.29, 1.82) is 0 Å². The topological polar surface area (TPSA) is 49.8 Å². The highest BCUT2D eigenvalue weighted by molar-refractivity contribution is 5.90. The monoisotopic (exact) mass is 312 g/mol. The van der Waals surface area contributed by atoms with Gasteiger partial charge in [0.2, 0.25) is 5.95 Å². The lowest BCUT2D eigenvalue weighted by Gasteiger charge is -2.11. The van der Waals surface area contributed by atoms with Gasteiger partial charge in [0.05, 0.1) is 11.2 Å². The van der Waals surface area contributed by atoms with Crippen LogP contribution in [-0.4, -0.2) is 16.0 Å². The van der Waals surface area contributed by atoms with Gasteiger partial charge in [-0.3, -0.25) is 0 Å². The van der Waals surface area contributed by atoms with Gasteiger partial charge in [0, 0.05) is 17.5 Å². The number of nitrogens with zero attached hydrogens (tertiary/aromatic N) is 2. The number of hydrogen-bond acceptors (Lipinski definition) is 4. The van der Waals surface area contributed by atoms with E-state index >= 15 is 0 Å². The molecule has 0 amide bonds. The summed E-state index contributed by atoms with van der Waals surface area (Å²) >= 11 is 0. The maximum atomic E-state index is 13.8. The predicted molar refractivity (Wildman–Crippen MR) is 85.8 cm³/mol. The fraction of sp³-hybridized carbons (Fsp3) is 0.176. The Labute approximate surface area is 131 Å². The third-order valence-corrected chi connectivity index (χ3v) is 3.70. The molecule has 0 saturated heterocycles. The summed E-state index contributed by atoms with van der Waals surface area (Å²) in [6.07, 6.45) is 2.24. The lowest BCUT2D eigenvalue weighted by Crippen LogP contribution is -2.07. The molecule has 1 aliphatic carbocycles. The summed E-state index contributed by atoms with van der Waals surface area (Å²) < 4.78 is 26.8. The van der Waals surface area contributed by atoms with Crippen molar-refractivity contribution in [3.63, 3.8) is 0 Å². The fourth-order valence-electron chi connectivity index (χ4n) is 2.37. The summed E-state index contributed by atoms with van der Waals surface area (Å²) in [5, 5.41) is 7.11. The number of nitrogens with one attached hydrogen (secondary N) is 2. The standard InChI is InChI=1S/C17H14F2N4/c18-10-5-8-15(13(19)9-10)22-17-21-14-4-2-1-3-12(14)16(23-17)20-11-6-7-11/h1-5,8-9,11H,6-7H2,(H2,20,21,22,23). The second-order valence-electron chi connectivity index (χ2n) is 5.58. The van der Waals surface area contributed by atoms with Crippen molar-refractivity contribution in [3.8, 4) is 0 Å². The van der Waals surface area contributed by atoms with Crippen LogP contribution in [0.5, 0.6) is 0 Å². The van der Waals surface area contributed by atoms with Gasteiger partial charge >= 0.3 is 0 Å². The minimum absolute atomic E-state index is 0.138. The summed E-state index contributed by atoms with van der Waals surface area (Å²) in [5.41, 5.74) is 0.898. The number of rotatable bonds is 4. The minimum atomic E-state index is -0.682. The van der Waals surface area contributed by atoms with E-state index in [1.54, 1.807) is 0 Å². The summed E-state index contributed by atoms with van der Waals surface area (Å²) in [5.74, 6) is -0.303. The molecule has 0 aliphatic heterocycles. The summed E-state index contributed by atoms with van der Waals surface area (Å²) in [4.78, 5) is 8.85. The minimum Gasteiger partial charge on any atom is -0.367 e. The Hall–Kier alpha value is -2.76. The van der Waals surface area contributed by atoms with Crippen molar-refractivity contribution >= 4 is 28.4 Å². The first-order valence-electron chi connectivity index (χ1n) is 7.44. The molecular formula is C17H14F2N4. The molecule has 23 heavy (non-hydrogen) atoms. The zero-order valence-electron chi connectivity index (χ0n) is 12.2. The first-order chi connectivity index (χ1) is 11.2. The normalized spacial score (nSPS) is 14.0. The van der Waals surface area contributed by atoms with E-state index in [9.17, 15) is 8.78 Å². The van der Waals surface area contributed by atoms with Crippen LogP contribution >= 0.6 is 0 Å². The number of benzene rings is 2. The van der Waals surface area contributed by atoms with Gasteiger partial charge in [-0.1, -0.05) is 12.1 Å². The van der Waals surface area contributed by atoms with Crippen molar-refractivity contribution in [2.75, 3.05) is 10.6 Å². The molecule has 2 N–H and O–H groups in total. The quantitative estimate of drug-likeness (QED) is 0.757. The van der Waals surface area contributed by atoms with Crippen molar-refractivity contribution in [1.82, 2.24) is 9.97 Å². The molecule has 1 aromatic heterocycles. The van der Waals surface area contributed by atoms with Crippen LogP contribution in [0.25, 0.3) is 10.9 Å². The van der Waals surface area contributed by atoms with E-state index in [1.807, 2.05) is 24.3 Å². The van der Waals surface area contributed by atoms with Crippen molar-refractivity contribution < 1.29 is 8.78 Å². The van der Waals surface area contributed by atoms with E-state index in [4.69, 9.17) is 0 Å².